The topological polar surface area (TPSA) is 46.5 Å². The van der Waals surface area contributed by atoms with Gasteiger partial charge in [-0.25, -0.2) is 4.39 Å². The number of halogens is 1. The van der Waals surface area contributed by atoms with Gasteiger partial charge < -0.3 is 9.84 Å². The molecule has 4 heteroatoms. The predicted molar refractivity (Wildman–Crippen MR) is 51.2 cm³/mol. The van der Waals surface area contributed by atoms with Crippen molar-refractivity contribution >= 4 is 5.97 Å². The number of ether oxygens (including phenoxy) is 1. The number of rotatable bonds is 3. The molecule has 0 radical (unpaired) electrons. The molecule has 2 rings (SSSR count). The Morgan fingerprint density at radius 3 is 2.80 bits per heavy atom. The van der Waals surface area contributed by atoms with E-state index in [-0.39, 0.29) is 17.8 Å². The molecule has 80 valence electrons. The first-order chi connectivity index (χ1) is 7.15. The molecule has 0 atom stereocenters. The molecule has 1 aliphatic rings. The van der Waals surface area contributed by atoms with E-state index in [0.717, 1.165) is 0 Å². The Morgan fingerprint density at radius 1 is 1.47 bits per heavy atom. The zero-order chi connectivity index (χ0) is 10.8. The molecule has 1 N–H and O–H groups in total. The van der Waals surface area contributed by atoms with Crippen LogP contribution in [0.2, 0.25) is 0 Å². The Balaban J connectivity index is 1.87. The van der Waals surface area contributed by atoms with Crippen LogP contribution in [0.5, 0.6) is 5.75 Å². The van der Waals surface area contributed by atoms with E-state index in [1.54, 1.807) is 12.1 Å². The lowest BCUT2D eigenvalue weighted by Crippen LogP contribution is -2.38. The van der Waals surface area contributed by atoms with Crippen LogP contribution < -0.4 is 4.74 Å². The van der Waals surface area contributed by atoms with Crippen molar-refractivity contribution < 1.29 is 19.0 Å². The van der Waals surface area contributed by atoms with Crippen LogP contribution in [-0.2, 0) is 4.79 Å². The standard InChI is InChI=1S/C11H11FO3/c12-8-2-1-3-9(6-8)15-10-4-7(5-10)11(13)14/h1-3,6-7,10H,4-5H2,(H,13,14). The van der Waals surface area contributed by atoms with Crippen LogP contribution in [0.1, 0.15) is 12.8 Å². The van der Waals surface area contributed by atoms with Crippen LogP contribution >= 0.6 is 0 Å². The van der Waals surface area contributed by atoms with Gasteiger partial charge in [-0.1, -0.05) is 6.07 Å². The Labute approximate surface area is 86.5 Å². The van der Waals surface area contributed by atoms with Gasteiger partial charge in [0.2, 0.25) is 0 Å². The fraction of sp³-hybridized carbons (Fsp3) is 0.364. The second-order valence-electron chi connectivity index (χ2n) is 3.70. The Hall–Kier alpha value is -1.58. The summed E-state index contributed by atoms with van der Waals surface area (Å²) in [7, 11) is 0. The summed E-state index contributed by atoms with van der Waals surface area (Å²) < 4.78 is 18.2. The van der Waals surface area contributed by atoms with E-state index in [9.17, 15) is 9.18 Å². The predicted octanol–water partition coefficient (Wildman–Crippen LogP) is 2.07. The van der Waals surface area contributed by atoms with Gasteiger partial charge in [-0.15, -0.1) is 0 Å². The second kappa shape index (κ2) is 3.88. The van der Waals surface area contributed by atoms with Gasteiger partial charge in [0, 0.05) is 6.07 Å². The Morgan fingerprint density at radius 2 is 2.20 bits per heavy atom. The van der Waals surface area contributed by atoms with Crippen LogP contribution in [0.15, 0.2) is 24.3 Å². The van der Waals surface area contributed by atoms with Crippen LogP contribution in [0.3, 0.4) is 0 Å². The number of carbonyl (C=O) groups is 1. The first kappa shape index (κ1) is 9.96. The van der Waals surface area contributed by atoms with Crippen molar-refractivity contribution in [3.63, 3.8) is 0 Å². The highest BCUT2D eigenvalue weighted by atomic mass is 19.1. The summed E-state index contributed by atoms with van der Waals surface area (Å²) in [5.74, 6) is -0.969. The summed E-state index contributed by atoms with van der Waals surface area (Å²) >= 11 is 0. The van der Waals surface area contributed by atoms with Gasteiger partial charge in [0.05, 0.1) is 5.92 Å². The van der Waals surface area contributed by atoms with Crippen LogP contribution in [-0.4, -0.2) is 17.2 Å². The van der Waals surface area contributed by atoms with E-state index in [1.807, 2.05) is 0 Å². The van der Waals surface area contributed by atoms with Gasteiger partial charge >= 0.3 is 5.97 Å². The van der Waals surface area contributed by atoms with E-state index >= 15 is 0 Å². The number of benzene rings is 1. The molecule has 0 aliphatic heterocycles. The molecule has 1 aromatic carbocycles. The summed E-state index contributed by atoms with van der Waals surface area (Å²) in [6.07, 6.45) is 0.922. The van der Waals surface area contributed by atoms with Gasteiger partial charge in [-0.05, 0) is 25.0 Å². The van der Waals surface area contributed by atoms with Gasteiger partial charge in [-0.2, -0.15) is 0 Å². The number of carboxylic acids is 1. The van der Waals surface area contributed by atoms with Crippen LogP contribution in [0.4, 0.5) is 4.39 Å². The lowest BCUT2D eigenvalue weighted by molar-refractivity contribution is -0.147. The fourth-order valence-electron chi connectivity index (χ4n) is 1.60. The van der Waals surface area contributed by atoms with Crippen molar-refractivity contribution in [3.8, 4) is 5.75 Å². The van der Waals surface area contributed by atoms with Crippen molar-refractivity contribution in [2.75, 3.05) is 0 Å². The average molecular weight is 210 g/mol. The molecule has 0 heterocycles. The van der Waals surface area contributed by atoms with E-state index in [2.05, 4.69) is 0 Å². The van der Waals surface area contributed by atoms with Gasteiger partial charge in [-0.3, -0.25) is 4.79 Å². The number of hydrogen-bond donors (Lipinski definition) is 1. The van der Waals surface area contributed by atoms with E-state index in [4.69, 9.17) is 9.84 Å². The maximum atomic E-state index is 12.8. The Bertz CT molecular complexity index is 372. The molecule has 1 saturated carbocycles. The third-order valence-corrected chi connectivity index (χ3v) is 2.54. The van der Waals surface area contributed by atoms with Gasteiger partial charge in [0.15, 0.2) is 0 Å². The molecule has 0 spiro atoms. The summed E-state index contributed by atoms with van der Waals surface area (Å²) in [4.78, 5) is 10.5. The lowest BCUT2D eigenvalue weighted by atomic mass is 9.82. The highest BCUT2D eigenvalue weighted by Crippen LogP contribution is 2.31. The van der Waals surface area contributed by atoms with Crippen molar-refractivity contribution in [1.82, 2.24) is 0 Å². The summed E-state index contributed by atoms with van der Waals surface area (Å²) in [6, 6.07) is 5.87. The van der Waals surface area contributed by atoms with E-state index in [0.29, 0.717) is 18.6 Å². The molecule has 1 aliphatic carbocycles. The maximum absolute atomic E-state index is 12.8. The molecule has 0 unspecified atom stereocenters. The summed E-state index contributed by atoms with van der Waals surface area (Å²) in [5.41, 5.74) is 0. The minimum Gasteiger partial charge on any atom is -0.490 e. The highest BCUT2D eigenvalue weighted by molar-refractivity contribution is 5.71. The average Bonchev–Trinajstić information content (AvgIpc) is 2.10. The number of carboxylic acid groups (broad SMARTS) is 1. The number of aliphatic carboxylic acids is 1. The maximum Gasteiger partial charge on any atom is 0.306 e. The molecule has 1 aromatic rings. The quantitative estimate of drug-likeness (QED) is 0.830. The fourth-order valence-corrected chi connectivity index (χ4v) is 1.60. The molecule has 0 amide bonds. The van der Waals surface area contributed by atoms with E-state index in [1.165, 1.54) is 12.1 Å². The van der Waals surface area contributed by atoms with Gasteiger partial charge in [0.25, 0.3) is 0 Å². The summed E-state index contributed by atoms with van der Waals surface area (Å²) in [6.45, 7) is 0. The third-order valence-electron chi connectivity index (χ3n) is 2.54. The SMILES string of the molecule is O=C(O)C1CC(Oc2cccc(F)c2)C1. The highest BCUT2D eigenvalue weighted by Gasteiger charge is 2.35. The normalized spacial score (nSPS) is 24.3. The van der Waals surface area contributed by atoms with Crippen LogP contribution in [0.25, 0.3) is 0 Å². The molecule has 1 fully saturated rings. The largest absolute Gasteiger partial charge is 0.490 e. The Kier molecular flexibility index (Phi) is 2.58. The second-order valence-corrected chi connectivity index (χ2v) is 3.70. The molecular formula is C11H11FO3. The molecule has 15 heavy (non-hydrogen) atoms. The molecule has 0 bridgehead atoms. The smallest absolute Gasteiger partial charge is 0.306 e. The third kappa shape index (κ3) is 2.26. The summed E-state index contributed by atoms with van der Waals surface area (Å²) in [5, 5.41) is 8.65. The molecule has 3 nitrogen and oxygen atoms in total. The minimum absolute atomic E-state index is 0.0899. The molecular weight excluding hydrogens is 199 g/mol. The van der Waals surface area contributed by atoms with Crippen LogP contribution in [0, 0.1) is 11.7 Å². The molecule has 0 saturated heterocycles. The number of hydrogen-bond acceptors (Lipinski definition) is 2. The first-order valence-corrected chi connectivity index (χ1v) is 4.80. The van der Waals surface area contributed by atoms with E-state index < -0.39 is 5.97 Å². The van der Waals surface area contributed by atoms with Gasteiger partial charge in [0.1, 0.15) is 17.7 Å². The lowest BCUT2D eigenvalue weighted by Gasteiger charge is -2.32. The molecule has 0 aromatic heterocycles. The first-order valence-electron chi connectivity index (χ1n) is 4.80. The zero-order valence-electron chi connectivity index (χ0n) is 8.02. The monoisotopic (exact) mass is 210 g/mol. The van der Waals surface area contributed by atoms with Crippen molar-refractivity contribution in [3.05, 3.63) is 30.1 Å². The zero-order valence-corrected chi connectivity index (χ0v) is 8.02. The minimum atomic E-state index is -0.783. The van der Waals surface area contributed by atoms with Crippen molar-refractivity contribution in [1.29, 1.82) is 0 Å². The van der Waals surface area contributed by atoms with Crippen molar-refractivity contribution in [2.45, 2.75) is 18.9 Å². The van der Waals surface area contributed by atoms with Crippen molar-refractivity contribution in [2.24, 2.45) is 5.92 Å².